The maximum Gasteiger partial charge on any atom is 0.237 e. The van der Waals surface area contributed by atoms with Gasteiger partial charge in [0.2, 0.25) is 11.7 Å². The summed E-state index contributed by atoms with van der Waals surface area (Å²) in [5.41, 5.74) is 1.26. The molecule has 11 heteroatoms. The number of anilines is 1. The van der Waals surface area contributed by atoms with Crippen LogP contribution in [-0.4, -0.2) is 38.9 Å². The highest BCUT2D eigenvalue weighted by molar-refractivity contribution is 8.00. The summed E-state index contributed by atoms with van der Waals surface area (Å²) >= 11 is 0.919. The van der Waals surface area contributed by atoms with Crippen molar-refractivity contribution in [1.29, 1.82) is 10.8 Å². The highest BCUT2D eigenvalue weighted by Gasteiger charge is 2.12. The van der Waals surface area contributed by atoms with Crippen LogP contribution < -0.4 is 14.9 Å². The van der Waals surface area contributed by atoms with Gasteiger partial charge in [-0.15, -0.1) is 0 Å². The fraction of sp³-hybridized carbons (Fsp3) is 0.143. The molecule has 8 nitrogen and oxygen atoms in total. The smallest absolute Gasteiger partial charge is 0.237 e. The van der Waals surface area contributed by atoms with Crippen molar-refractivity contribution in [1.82, 2.24) is 14.8 Å². The van der Waals surface area contributed by atoms with Crippen molar-refractivity contribution >= 4 is 23.5 Å². The molecular weight excluding hydrogens is 438 g/mol. The lowest BCUT2D eigenvalue weighted by Crippen LogP contribution is -2.28. The Morgan fingerprint density at radius 2 is 2.06 bits per heavy atom. The van der Waals surface area contributed by atoms with Gasteiger partial charge in [0.1, 0.15) is 28.9 Å². The summed E-state index contributed by atoms with van der Waals surface area (Å²) in [5.74, 6) is 3.46. The minimum atomic E-state index is -0.920. The number of hydrogen-bond donors (Lipinski definition) is 4. The van der Waals surface area contributed by atoms with Gasteiger partial charge in [-0.3, -0.25) is 10.8 Å². The van der Waals surface area contributed by atoms with E-state index in [0.29, 0.717) is 16.9 Å². The summed E-state index contributed by atoms with van der Waals surface area (Å²) in [5, 5.41) is 29.5. The Morgan fingerprint density at radius 3 is 2.75 bits per heavy atom. The van der Waals surface area contributed by atoms with E-state index >= 15 is 0 Å². The zero-order valence-corrected chi connectivity index (χ0v) is 17.8. The van der Waals surface area contributed by atoms with Crippen LogP contribution >= 0.6 is 11.9 Å². The highest BCUT2D eigenvalue weighted by Crippen LogP contribution is 2.31. The summed E-state index contributed by atoms with van der Waals surface area (Å²) in [7, 11) is 1.43. The molecule has 32 heavy (non-hydrogen) atoms. The molecule has 3 rings (SSSR count). The van der Waals surface area contributed by atoms with Gasteiger partial charge in [0.15, 0.2) is 0 Å². The van der Waals surface area contributed by atoms with E-state index in [9.17, 15) is 13.9 Å². The number of nitrogens with zero attached hydrogens (tertiary/aromatic N) is 3. The first kappa shape index (κ1) is 22.9. The Bertz CT molecular complexity index is 1280. The van der Waals surface area contributed by atoms with Crippen LogP contribution in [0.3, 0.4) is 0 Å². The van der Waals surface area contributed by atoms with E-state index < -0.39 is 17.7 Å². The predicted octanol–water partition coefficient (Wildman–Crippen LogP) is 3.04. The molecule has 0 bridgehead atoms. The van der Waals surface area contributed by atoms with Gasteiger partial charge < -0.3 is 14.6 Å². The number of aliphatic hydroxyl groups is 1. The van der Waals surface area contributed by atoms with Gasteiger partial charge in [-0.2, -0.15) is 9.78 Å². The molecule has 2 aromatic heterocycles. The Balaban J connectivity index is 1.92. The minimum Gasteiger partial charge on any atom is -0.480 e. The molecule has 1 unspecified atom stereocenters. The van der Waals surface area contributed by atoms with Crippen molar-refractivity contribution in [2.75, 3.05) is 11.8 Å². The Morgan fingerprint density at radius 1 is 1.28 bits per heavy atom. The molecular formula is C21H18F2N6O2S. The van der Waals surface area contributed by atoms with Gasteiger partial charge in [-0.05, 0) is 55.1 Å². The summed E-state index contributed by atoms with van der Waals surface area (Å²) < 4.78 is 36.2. The van der Waals surface area contributed by atoms with Crippen LogP contribution in [0.15, 0.2) is 47.5 Å². The van der Waals surface area contributed by atoms with Gasteiger partial charge in [0.25, 0.3) is 0 Å². The fourth-order valence-electron chi connectivity index (χ4n) is 2.47. The number of nitrogens with one attached hydrogen (secondary N) is 3. The monoisotopic (exact) mass is 456 g/mol. The van der Waals surface area contributed by atoms with Gasteiger partial charge >= 0.3 is 0 Å². The Labute approximate surface area is 186 Å². The lowest BCUT2D eigenvalue weighted by molar-refractivity contribution is 0.253. The van der Waals surface area contributed by atoms with Crippen LogP contribution in [0.4, 0.5) is 14.5 Å². The molecule has 0 aliphatic rings. The molecule has 0 radical (unpaired) electrons. The second kappa shape index (κ2) is 10.0. The predicted molar refractivity (Wildman–Crippen MR) is 116 cm³/mol. The first-order chi connectivity index (χ1) is 15.3. The van der Waals surface area contributed by atoms with E-state index in [-0.39, 0.29) is 22.1 Å². The lowest BCUT2D eigenvalue weighted by Gasteiger charge is -2.12. The molecule has 0 amide bonds. The van der Waals surface area contributed by atoms with E-state index in [0.717, 1.165) is 28.8 Å². The van der Waals surface area contributed by atoms with E-state index in [1.807, 2.05) is 0 Å². The van der Waals surface area contributed by atoms with Crippen molar-refractivity contribution in [3.05, 3.63) is 59.7 Å². The average Bonchev–Trinajstić information content (AvgIpc) is 2.77. The van der Waals surface area contributed by atoms with E-state index in [1.54, 1.807) is 12.1 Å². The Hall–Kier alpha value is -3.75. The summed E-state index contributed by atoms with van der Waals surface area (Å²) in [6.07, 6.45) is 0.574. The molecule has 4 N–H and O–H groups in total. The maximum absolute atomic E-state index is 13.9. The number of pyridine rings is 1. The van der Waals surface area contributed by atoms with Gasteiger partial charge in [0, 0.05) is 17.8 Å². The molecule has 3 aromatic rings. The molecule has 0 fully saturated rings. The number of aromatic nitrogens is 3. The van der Waals surface area contributed by atoms with Crippen molar-refractivity contribution in [2.45, 2.75) is 17.9 Å². The summed E-state index contributed by atoms with van der Waals surface area (Å²) in [6, 6.07) is 7.93. The third kappa shape index (κ3) is 5.48. The third-order valence-corrected chi connectivity index (χ3v) is 4.82. The van der Waals surface area contributed by atoms with Crippen LogP contribution in [0.2, 0.25) is 0 Å². The largest absolute Gasteiger partial charge is 0.480 e. The lowest BCUT2D eigenvalue weighted by atomic mass is 10.2. The van der Waals surface area contributed by atoms with Crippen molar-refractivity contribution in [3.63, 3.8) is 0 Å². The van der Waals surface area contributed by atoms with Crippen molar-refractivity contribution in [2.24, 2.45) is 0 Å². The quantitative estimate of drug-likeness (QED) is 0.203. The summed E-state index contributed by atoms with van der Waals surface area (Å²) in [6.45, 7) is 1.46. The van der Waals surface area contributed by atoms with Crippen molar-refractivity contribution < 1.29 is 18.6 Å². The second-order valence-electron chi connectivity index (χ2n) is 6.37. The molecule has 0 spiro atoms. The van der Waals surface area contributed by atoms with E-state index in [2.05, 4.69) is 26.6 Å². The number of aliphatic hydroxyl groups excluding tert-OH is 1. The first-order valence-electron chi connectivity index (χ1n) is 9.14. The number of methoxy groups -OCH3 is 1. The number of ether oxygens (including phenoxy) is 1. The highest BCUT2D eigenvalue weighted by atomic mass is 32.2. The van der Waals surface area contributed by atoms with Gasteiger partial charge in [-0.25, -0.2) is 13.8 Å². The van der Waals surface area contributed by atoms with Gasteiger partial charge in [0.05, 0.1) is 17.7 Å². The standard InChI is InChI=1S/C21H18F2N6O2S/c1-12(30)3-7-19(24)29-20(25)8-5-16(27-29)13-9-17(21(31-2)26-11-13)28-32-18-6-4-14(22)10-15(18)23/h4-6,8-12,24-25,28,30H,1-2H3. The molecule has 1 aromatic carbocycles. The summed E-state index contributed by atoms with van der Waals surface area (Å²) in [4.78, 5) is 4.40. The van der Waals surface area contributed by atoms with Crippen LogP contribution in [0.1, 0.15) is 6.92 Å². The topological polar surface area (TPSA) is 120 Å². The second-order valence-corrected chi connectivity index (χ2v) is 7.22. The normalized spacial score (nSPS) is 11.3. The molecule has 0 aliphatic carbocycles. The number of hydrogen-bond acceptors (Lipinski definition) is 8. The molecule has 0 saturated heterocycles. The van der Waals surface area contributed by atoms with Crippen LogP contribution in [0, 0.1) is 34.3 Å². The number of rotatable bonds is 5. The third-order valence-electron chi connectivity index (χ3n) is 3.95. The fourth-order valence-corrected chi connectivity index (χ4v) is 3.13. The zero-order valence-electron chi connectivity index (χ0n) is 17.0. The van der Waals surface area contributed by atoms with Crippen LogP contribution in [0.5, 0.6) is 5.88 Å². The SMILES string of the molecule is COc1ncc(-c2ccc(=N)n(C(=N)C#CC(C)O)n2)cc1NSc1ccc(F)cc1F. The van der Waals surface area contributed by atoms with E-state index in [4.69, 9.17) is 15.6 Å². The maximum atomic E-state index is 13.9. The average molecular weight is 456 g/mol. The Kier molecular flexibility index (Phi) is 7.19. The molecule has 1 atom stereocenters. The molecule has 164 valence electrons. The van der Waals surface area contributed by atoms with E-state index in [1.165, 1.54) is 32.4 Å². The minimum absolute atomic E-state index is 0.0687. The van der Waals surface area contributed by atoms with Crippen LogP contribution in [-0.2, 0) is 0 Å². The number of benzene rings is 1. The molecule has 2 heterocycles. The van der Waals surface area contributed by atoms with Crippen molar-refractivity contribution in [3.8, 4) is 29.0 Å². The van der Waals surface area contributed by atoms with Gasteiger partial charge in [-0.1, -0.05) is 5.92 Å². The first-order valence-corrected chi connectivity index (χ1v) is 9.96. The molecule has 0 aliphatic heterocycles. The number of halogens is 2. The van der Waals surface area contributed by atoms with Crippen LogP contribution in [0.25, 0.3) is 11.3 Å². The zero-order chi connectivity index (χ0) is 23.3. The molecule has 0 saturated carbocycles.